The Kier molecular flexibility index (Phi) is 4.08. The fraction of sp³-hybridized carbons (Fsp3) is 0.818. The van der Waals surface area contributed by atoms with Crippen molar-refractivity contribution in [2.45, 2.75) is 26.7 Å². The Morgan fingerprint density at radius 2 is 2.07 bits per heavy atom. The lowest BCUT2D eigenvalue weighted by Crippen LogP contribution is -2.42. The van der Waals surface area contributed by atoms with Gasteiger partial charge in [-0.1, -0.05) is 26.1 Å². The van der Waals surface area contributed by atoms with Gasteiger partial charge in [0.15, 0.2) is 0 Å². The van der Waals surface area contributed by atoms with E-state index in [0.717, 1.165) is 6.54 Å². The van der Waals surface area contributed by atoms with Crippen molar-refractivity contribution in [2.24, 2.45) is 23.5 Å². The third-order valence-corrected chi connectivity index (χ3v) is 3.10. The first kappa shape index (κ1) is 12.4. The van der Waals surface area contributed by atoms with E-state index in [0.29, 0.717) is 10.9 Å². The molecular weight excluding hydrogens is 208 g/mol. The lowest BCUT2D eigenvalue weighted by atomic mass is 9.94. The predicted molar refractivity (Wildman–Crippen MR) is 65.5 cm³/mol. The van der Waals surface area contributed by atoms with Crippen molar-refractivity contribution < 1.29 is 4.79 Å². The lowest BCUT2D eigenvalue weighted by molar-refractivity contribution is -0.133. The van der Waals surface area contributed by atoms with Gasteiger partial charge in [-0.05, 0) is 24.7 Å². The molecule has 0 spiro atoms. The van der Waals surface area contributed by atoms with Crippen LogP contribution in [0.1, 0.15) is 26.7 Å². The highest BCUT2D eigenvalue weighted by Gasteiger charge is 2.31. The summed E-state index contributed by atoms with van der Waals surface area (Å²) in [6.07, 6.45) is 2.49. The molecule has 1 amide bonds. The van der Waals surface area contributed by atoms with E-state index in [2.05, 4.69) is 0 Å². The zero-order valence-electron chi connectivity index (χ0n) is 9.69. The standard InChI is InChI=1S/C11H20N2OS/c1-7(2)9(10(12)15)11(14)13(3)6-8-4-5-8/h7-9H,4-6H2,1-3H3,(H2,12,15). The van der Waals surface area contributed by atoms with Crippen LogP contribution in [0.15, 0.2) is 0 Å². The maximum absolute atomic E-state index is 12.0. The largest absolute Gasteiger partial charge is 0.393 e. The summed E-state index contributed by atoms with van der Waals surface area (Å²) < 4.78 is 0. The van der Waals surface area contributed by atoms with Crippen molar-refractivity contribution in [1.82, 2.24) is 4.90 Å². The average molecular weight is 228 g/mol. The topological polar surface area (TPSA) is 46.3 Å². The first-order valence-corrected chi connectivity index (χ1v) is 5.88. The number of thiocarbonyl (C=S) groups is 1. The summed E-state index contributed by atoms with van der Waals surface area (Å²) in [6, 6.07) is 0. The lowest BCUT2D eigenvalue weighted by Gasteiger charge is -2.25. The van der Waals surface area contributed by atoms with Gasteiger partial charge in [-0.15, -0.1) is 0 Å². The first-order chi connectivity index (χ1) is 6.93. The van der Waals surface area contributed by atoms with Gasteiger partial charge < -0.3 is 10.6 Å². The molecule has 1 unspecified atom stereocenters. The summed E-state index contributed by atoms with van der Waals surface area (Å²) in [5.41, 5.74) is 5.61. The molecule has 0 saturated heterocycles. The molecule has 0 aromatic carbocycles. The van der Waals surface area contributed by atoms with Crippen molar-refractivity contribution in [3.63, 3.8) is 0 Å². The van der Waals surface area contributed by atoms with Gasteiger partial charge in [0.2, 0.25) is 5.91 Å². The zero-order chi connectivity index (χ0) is 11.6. The van der Waals surface area contributed by atoms with Crippen LogP contribution < -0.4 is 5.73 Å². The molecule has 0 radical (unpaired) electrons. The van der Waals surface area contributed by atoms with Gasteiger partial charge in [0.1, 0.15) is 0 Å². The van der Waals surface area contributed by atoms with E-state index in [4.69, 9.17) is 18.0 Å². The smallest absolute Gasteiger partial charge is 0.232 e. The number of hydrogen-bond acceptors (Lipinski definition) is 2. The molecule has 1 aliphatic carbocycles. The highest BCUT2D eigenvalue weighted by Crippen LogP contribution is 2.30. The van der Waals surface area contributed by atoms with Crippen LogP contribution in [0.4, 0.5) is 0 Å². The Hall–Kier alpha value is -0.640. The molecule has 4 heteroatoms. The van der Waals surface area contributed by atoms with Crippen LogP contribution in [0, 0.1) is 17.8 Å². The molecule has 3 nitrogen and oxygen atoms in total. The number of rotatable bonds is 5. The molecule has 0 bridgehead atoms. The third kappa shape index (κ3) is 3.45. The summed E-state index contributed by atoms with van der Waals surface area (Å²) in [5, 5.41) is 0. The van der Waals surface area contributed by atoms with Crippen molar-refractivity contribution in [1.29, 1.82) is 0 Å². The van der Waals surface area contributed by atoms with Crippen molar-refractivity contribution in [3.8, 4) is 0 Å². The second kappa shape index (κ2) is 4.92. The molecule has 1 rings (SSSR count). The molecule has 2 N–H and O–H groups in total. The molecule has 15 heavy (non-hydrogen) atoms. The Labute approximate surface area is 97.0 Å². The minimum atomic E-state index is -0.302. The number of nitrogens with two attached hydrogens (primary N) is 1. The molecule has 0 aliphatic heterocycles. The van der Waals surface area contributed by atoms with Gasteiger partial charge >= 0.3 is 0 Å². The molecule has 1 saturated carbocycles. The summed E-state index contributed by atoms with van der Waals surface area (Å²) in [7, 11) is 1.84. The molecule has 1 aliphatic rings. The monoisotopic (exact) mass is 228 g/mol. The van der Waals surface area contributed by atoms with Gasteiger partial charge in [-0.25, -0.2) is 0 Å². The highest BCUT2D eigenvalue weighted by atomic mass is 32.1. The SMILES string of the molecule is CC(C)C(C(=O)N(C)CC1CC1)C(N)=S. The second-order valence-electron chi connectivity index (χ2n) is 4.79. The van der Waals surface area contributed by atoms with E-state index in [-0.39, 0.29) is 17.7 Å². The third-order valence-electron chi connectivity index (χ3n) is 2.84. The number of amides is 1. The van der Waals surface area contributed by atoms with Crippen LogP contribution in [-0.2, 0) is 4.79 Å². The van der Waals surface area contributed by atoms with Crippen LogP contribution in [-0.4, -0.2) is 29.4 Å². The van der Waals surface area contributed by atoms with E-state index in [9.17, 15) is 4.79 Å². The maximum Gasteiger partial charge on any atom is 0.232 e. The minimum absolute atomic E-state index is 0.0735. The molecule has 0 aromatic heterocycles. The van der Waals surface area contributed by atoms with Gasteiger partial charge in [0.25, 0.3) is 0 Å². The van der Waals surface area contributed by atoms with Crippen molar-refractivity contribution in [2.75, 3.05) is 13.6 Å². The molecular formula is C11H20N2OS. The Balaban J connectivity index is 2.57. The highest BCUT2D eigenvalue weighted by molar-refractivity contribution is 7.80. The van der Waals surface area contributed by atoms with Crippen molar-refractivity contribution in [3.05, 3.63) is 0 Å². The average Bonchev–Trinajstić information content (AvgIpc) is 2.86. The number of hydrogen-bond donors (Lipinski definition) is 1. The summed E-state index contributed by atoms with van der Waals surface area (Å²) in [4.78, 5) is 14.1. The molecule has 1 atom stereocenters. The molecule has 1 fully saturated rings. The fourth-order valence-electron chi connectivity index (χ4n) is 1.75. The second-order valence-corrected chi connectivity index (χ2v) is 5.26. The predicted octanol–water partition coefficient (Wildman–Crippen LogP) is 1.41. The maximum atomic E-state index is 12.0. The summed E-state index contributed by atoms with van der Waals surface area (Å²) in [5.74, 6) is 0.655. The van der Waals surface area contributed by atoms with Crippen LogP contribution in [0.5, 0.6) is 0 Å². The van der Waals surface area contributed by atoms with E-state index >= 15 is 0 Å². The van der Waals surface area contributed by atoms with Crippen LogP contribution in [0.3, 0.4) is 0 Å². The van der Waals surface area contributed by atoms with E-state index in [1.165, 1.54) is 12.8 Å². The Morgan fingerprint density at radius 1 is 1.53 bits per heavy atom. The van der Waals surface area contributed by atoms with Gasteiger partial charge in [0.05, 0.1) is 10.9 Å². The van der Waals surface area contributed by atoms with E-state index in [1.807, 2.05) is 20.9 Å². The molecule has 0 aromatic rings. The number of nitrogens with zero attached hydrogens (tertiary/aromatic N) is 1. The van der Waals surface area contributed by atoms with E-state index < -0.39 is 0 Å². The summed E-state index contributed by atoms with van der Waals surface area (Å²) in [6.45, 7) is 4.81. The quantitative estimate of drug-likeness (QED) is 0.724. The van der Waals surface area contributed by atoms with Gasteiger partial charge in [-0.2, -0.15) is 0 Å². The van der Waals surface area contributed by atoms with Gasteiger partial charge in [-0.3, -0.25) is 4.79 Å². The normalized spacial score (nSPS) is 17.6. The fourth-order valence-corrected chi connectivity index (χ4v) is 2.12. The van der Waals surface area contributed by atoms with E-state index in [1.54, 1.807) is 4.90 Å². The Bertz CT molecular complexity index is 261. The first-order valence-electron chi connectivity index (χ1n) is 5.47. The number of carbonyl (C=O) groups excluding carboxylic acids is 1. The van der Waals surface area contributed by atoms with Gasteiger partial charge in [0, 0.05) is 13.6 Å². The van der Waals surface area contributed by atoms with Crippen LogP contribution in [0.2, 0.25) is 0 Å². The van der Waals surface area contributed by atoms with Crippen LogP contribution >= 0.6 is 12.2 Å². The molecule has 0 heterocycles. The summed E-state index contributed by atoms with van der Waals surface area (Å²) >= 11 is 4.95. The van der Waals surface area contributed by atoms with Crippen LogP contribution in [0.25, 0.3) is 0 Å². The Morgan fingerprint density at radius 3 is 2.40 bits per heavy atom. The zero-order valence-corrected chi connectivity index (χ0v) is 10.5. The van der Waals surface area contributed by atoms with Crippen molar-refractivity contribution >= 4 is 23.1 Å². The minimum Gasteiger partial charge on any atom is -0.393 e. The number of carbonyl (C=O) groups is 1. The molecule has 86 valence electrons.